The highest BCUT2D eigenvalue weighted by Crippen LogP contribution is 2.33. The summed E-state index contributed by atoms with van der Waals surface area (Å²) in [5.41, 5.74) is 2.62. The van der Waals surface area contributed by atoms with Gasteiger partial charge in [0.25, 0.3) is 0 Å². The highest BCUT2D eigenvalue weighted by Gasteiger charge is 2.29. The Bertz CT molecular complexity index is 1200. The number of hydrogen-bond acceptors (Lipinski definition) is 5. The van der Waals surface area contributed by atoms with Crippen LogP contribution in [0.1, 0.15) is 11.5 Å². The molecule has 0 spiro atoms. The van der Waals surface area contributed by atoms with Crippen molar-refractivity contribution in [2.45, 2.75) is 12.0 Å². The van der Waals surface area contributed by atoms with E-state index in [2.05, 4.69) is 39.9 Å². The molecule has 0 amide bonds. The molecule has 2 atom stereocenters. The van der Waals surface area contributed by atoms with Crippen molar-refractivity contribution in [1.29, 1.82) is 0 Å². The third kappa shape index (κ3) is 3.58. The molecule has 4 aromatic rings. The quantitative estimate of drug-likeness (QED) is 0.444. The first kappa shape index (κ1) is 18.9. The van der Waals surface area contributed by atoms with Crippen LogP contribution < -0.4 is 10.6 Å². The summed E-state index contributed by atoms with van der Waals surface area (Å²) >= 11 is 6.16. The third-order valence-electron chi connectivity index (χ3n) is 5.57. The van der Waals surface area contributed by atoms with Gasteiger partial charge in [0.05, 0.1) is 11.1 Å². The first-order valence-corrected chi connectivity index (χ1v) is 10.3. The van der Waals surface area contributed by atoms with Crippen LogP contribution in [-0.4, -0.2) is 34.2 Å². The molecular formula is C24H21ClN4O. The number of phenols is 1. The number of anilines is 1. The largest absolute Gasteiger partial charge is 0.507 e. The van der Waals surface area contributed by atoms with E-state index in [1.165, 1.54) is 5.56 Å². The van der Waals surface area contributed by atoms with Gasteiger partial charge < -0.3 is 15.7 Å². The van der Waals surface area contributed by atoms with Gasteiger partial charge in [-0.1, -0.05) is 54.1 Å². The van der Waals surface area contributed by atoms with E-state index in [9.17, 15) is 5.11 Å². The Balaban J connectivity index is 1.57. The Morgan fingerprint density at radius 1 is 0.933 bits per heavy atom. The molecule has 0 saturated carbocycles. The van der Waals surface area contributed by atoms with Crippen LogP contribution in [0.4, 0.5) is 5.82 Å². The van der Waals surface area contributed by atoms with E-state index in [4.69, 9.17) is 16.6 Å². The second kappa shape index (κ2) is 7.94. The molecule has 1 aromatic heterocycles. The van der Waals surface area contributed by atoms with E-state index in [0.29, 0.717) is 22.3 Å². The Morgan fingerprint density at radius 3 is 2.60 bits per heavy atom. The second-order valence-electron chi connectivity index (χ2n) is 7.50. The lowest BCUT2D eigenvalue weighted by atomic mass is 9.94. The summed E-state index contributed by atoms with van der Waals surface area (Å²) in [5.74, 6) is 1.64. The zero-order chi connectivity index (χ0) is 20.5. The summed E-state index contributed by atoms with van der Waals surface area (Å²) < 4.78 is 0. The number of nitrogens with zero attached hydrogens (tertiary/aromatic N) is 2. The van der Waals surface area contributed by atoms with Crippen LogP contribution in [0.5, 0.6) is 5.75 Å². The standard InChI is InChI=1S/C24H21ClN4O/c25-16-10-11-22(30)18(12-16)24-27-20-9-5-4-8-17(20)23(29-24)28-21-14-26-13-19(21)15-6-2-1-3-7-15/h1-12,19,21,26,30H,13-14H2,(H,27,28,29)/t19-,21+/m1/s1. The summed E-state index contributed by atoms with van der Waals surface area (Å²) in [6.45, 7) is 1.75. The molecule has 3 aromatic carbocycles. The van der Waals surface area contributed by atoms with Gasteiger partial charge in [-0.3, -0.25) is 0 Å². The molecular weight excluding hydrogens is 396 g/mol. The molecule has 1 aliphatic rings. The smallest absolute Gasteiger partial charge is 0.165 e. The summed E-state index contributed by atoms with van der Waals surface area (Å²) in [5, 5.41) is 19.0. The van der Waals surface area contributed by atoms with E-state index < -0.39 is 0 Å². The number of aromatic hydroxyl groups is 1. The summed E-state index contributed by atoms with van der Waals surface area (Å²) in [6.07, 6.45) is 0. The Kier molecular flexibility index (Phi) is 4.99. The minimum atomic E-state index is 0.102. The zero-order valence-electron chi connectivity index (χ0n) is 16.2. The number of nitrogens with one attached hydrogen (secondary N) is 2. The van der Waals surface area contributed by atoms with Gasteiger partial charge in [-0.25, -0.2) is 9.97 Å². The molecule has 2 heterocycles. The summed E-state index contributed by atoms with van der Waals surface area (Å²) in [6, 6.07) is 23.5. The van der Waals surface area contributed by atoms with Crippen molar-refractivity contribution >= 4 is 28.3 Å². The fourth-order valence-electron chi connectivity index (χ4n) is 4.05. The molecule has 1 aliphatic heterocycles. The molecule has 5 nitrogen and oxygen atoms in total. The number of benzene rings is 3. The number of halogens is 1. The van der Waals surface area contributed by atoms with E-state index >= 15 is 0 Å². The first-order chi connectivity index (χ1) is 14.7. The number of aromatic nitrogens is 2. The van der Waals surface area contributed by atoms with E-state index in [1.54, 1.807) is 18.2 Å². The van der Waals surface area contributed by atoms with Crippen LogP contribution in [0.3, 0.4) is 0 Å². The van der Waals surface area contributed by atoms with Gasteiger partial charge in [-0.2, -0.15) is 0 Å². The SMILES string of the molecule is Oc1ccc(Cl)cc1-c1nc(N[C@H]2CNC[C@@H]2c2ccccc2)c2ccccc2n1. The van der Waals surface area contributed by atoms with Crippen LogP contribution in [0.15, 0.2) is 72.8 Å². The average Bonchev–Trinajstić information content (AvgIpc) is 3.24. The van der Waals surface area contributed by atoms with Gasteiger partial charge in [-0.15, -0.1) is 0 Å². The number of rotatable bonds is 4. The molecule has 0 radical (unpaired) electrons. The van der Waals surface area contributed by atoms with Crippen LogP contribution in [0.25, 0.3) is 22.3 Å². The van der Waals surface area contributed by atoms with Crippen molar-refractivity contribution in [2.75, 3.05) is 18.4 Å². The number of phenolic OH excluding ortho intramolecular Hbond substituents is 1. The molecule has 150 valence electrons. The third-order valence-corrected chi connectivity index (χ3v) is 5.80. The molecule has 0 aliphatic carbocycles. The fraction of sp³-hybridized carbons (Fsp3) is 0.167. The highest BCUT2D eigenvalue weighted by atomic mass is 35.5. The van der Waals surface area contributed by atoms with Gasteiger partial charge in [0.1, 0.15) is 11.6 Å². The molecule has 6 heteroatoms. The maximum atomic E-state index is 10.4. The molecule has 1 saturated heterocycles. The van der Waals surface area contributed by atoms with Crippen molar-refractivity contribution in [1.82, 2.24) is 15.3 Å². The molecule has 1 fully saturated rings. The first-order valence-electron chi connectivity index (χ1n) is 9.97. The predicted octanol–water partition coefficient (Wildman–Crippen LogP) is 4.82. The average molecular weight is 417 g/mol. The van der Waals surface area contributed by atoms with Crippen molar-refractivity contribution in [3.05, 3.63) is 83.4 Å². The molecule has 0 unspecified atom stereocenters. The van der Waals surface area contributed by atoms with Crippen LogP contribution >= 0.6 is 11.6 Å². The topological polar surface area (TPSA) is 70.1 Å². The van der Waals surface area contributed by atoms with Crippen molar-refractivity contribution in [3.8, 4) is 17.1 Å². The van der Waals surface area contributed by atoms with E-state index in [0.717, 1.165) is 29.8 Å². The van der Waals surface area contributed by atoms with Crippen molar-refractivity contribution < 1.29 is 5.11 Å². The Morgan fingerprint density at radius 2 is 1.73 bits per heavy atom. The lowest BCUT2D eigenvalue weighted by Crippen LogP contribution is -2.27. The number of para-hydroxylation sites is 1. The van der Waals surface area contributed by atoms with Crippen LogP contribution in [0.2, 0.25) is 5.02 Å². The van der Waals surface area contributed by atoms with Gasteiger partial charge in [0.15, 0.2) is 5.82 Å². The minimum absolute atomic E-state index is 0.102. The lowest BCUT2D eigenvalue weighted by Gasteiger charge is -2.22. The molecule has 0 bridgehead atoms. The van der Waals surface area contributed by atoms with Crippen LogP contribution in [0, 0.1) is 0 Å². The highest BCUT2D eigenvalue weighted by molar-refractivity contribution is 6.30. The predicted molar refractivity (Wildman–Crippen MR) is 121 cm³/mol. The Hall–Kier alpha value is -3.15. The maximum absolute atomic E-state index is 10.4. The fourth-order valence-corrected chi connectivity index (χ4v) is 4.22. The molecule has 5 rings (SSSR count). The monoisotopic (exact) mass is 416 g/mol. The van der Waals surface area contributed by atoms with Gasteiger partial charge >= 0.3 is 0 Å². The summed E-state index contributed by atoms with van der Waals surface area (Å²) in [4.78, 5) is 9.47. The normalized spacial score (nSPS) is 18.6. The number of hydrogen-bond donors (Lipinski definition) is 3. The van der Waals surface area contributed by atoms with Crippen molar-refractivity contribution in [2.24, 2.45) is 0 Å². The molecule has 3 N–H and O–H groups in total. The van der Waals surface area contributed by atoms with Crippen molar-refractivity contribution in [3.63, 3.8) is 0 Å². The Labute approximate surface area is 179 Å². The minimum Gasteiger partial charge on any atom is -0.507 e. The van der Waals surface area contributed by atoms with Gasteiger partial charge in [0, 0.05) is 35.5 Å². The lowest BCUT2D eigenvalue weighted by molar-refractivity contribution is 0.477. The van der Waals surface area contributed by atoms with E-state index in [-0.39, 0.29) is 11.8 Å². The zero-order valence-corrected chi connectivity index (χ0v) is 17.0. The second-order valence-corrected chi connectivity index (χ2v) is 7.94. The van der Waals surface area contributed by atoms with Gasteiger partial charge in [-0.05, 0) is 35.9 Å². The maximum Gasteiger partial charge on any atom is 0.165 e. The molecule has 30 heavy (non-hydrogen) atoms. The van der Waals surface area contributed by atoms with Crippen LogP contribution in [-0.2, 0) is 0 Å². The van der Waals surface area contributed by atoms with E-state index in [1.807, 2.05) is 30.3 Å². The number of fused-ring (bicyclic) bond motifs is 1. The van der Waals surface area contributed by atoms with Gasteiger partial charge in [0.2, 0.25) is 0 Å². The summed E-state index contributed by atoms with van der Waals surface area (Å²) in [7, 11) is 0.